The predicted octanol–water partition coefficient (Wildman–Crippen LogP) is 0.993. The largest absolute Gasteiger partial charge is 0.481 e. The SMILES string of the molecule is CC(=O)N[C@@H](CCC(N)=O)C(=O)N[C@@H](CC1CCCCC1)C(=O)N[C@@H](CC(=O)O)C(=O)N[C@@H](CC(C)C)C(=O)N[C@H]1CCCC[C@@H]1C(=O)N[C@@H](CC(C)C)C(=O)O. The van der Waals surface area contributed by atoms with Gasteiger partial charge in [0, 0.05) is 19.4 Å². The zero-order valence-electron chi connectivity index (χ0n) is 34.0. The number of primary amides is 1. The van der Waals surface area contributed by atoms with Crippen LogP contribution in [-0.4, -0.2) is 99.8 Å². The number of carbonyl (C=O) groups is 9. The molecule has 2 fully saturated rings. The number of hydrogen-bond acceptors (Lipinski definition) is 9. The van der Waals surface area contributed by atoms with Gasteiger partial charge in [-0.15, -0.1) is 0 Å². The standard InChI is InChI=1S/C39H65N7O11/c1-21(2)17-28(36(53)42-26-14-10-9-13-25(26)34(51)46-31(39(56)57)18-22(3)4)43-38(55)30(20-33(49)50)45-37(54)29(19-24-11-7-6-8-12-24)44-35(52)27(41-23(5)47)15-16-32(40)48/h21-22,24-31H,6-20H2,1-5H3,(H2,40,48)(H,41,47)(H,42,53)(H,43,55)(H,44,52)(H,45,54)(H,46,51)(H,49,50)(H,56,57)/t25-,26-,27-,28-,29-,30-,31-/m0/s1. The highest BCUT2D eigenvalue weighted by molar-refractivity contribution is 5.97. The molecule has 0 unspecified atom stereocenters. The molecule has 0 saturated heterocycles. The van der Waals surface area contributed by atoms with Crippen LogP contribution in [-0.2, 0) is 43.2 Å². The molecule has 2 aliphatic carbocycles. The highest BCUT2D eigenvalue weighted by atomic mass is 16.4. The van der Waals surface area contributed by atoms with Crippen molar-refractivity contribution >= 4 is 53.3 Å². The van der Waals surface area contributed by atoms with Crippen molar-refractivity contribution in [2.45, 2.75) is 167 Å². The summed E-state index contributed by atoms with van der Waals surface area (Å²) in [6.45, 7) is 8.51. The van der Waals surface area contributed by atoms with E-state index in [4.69, 9.17) is 5.73 Å². The summed E-state index contributed by atoms with van der Waals surface area (Å²) < 4.78 is 0. The monoisotopic (exact) mass is 807 g/mol. The van der Waals surface area contributed by atoms with Gasteiger partial charge in [-0.3, -0.25) is 38.4 Å². The van der Waals surface area contributed by atoms with Gasteiger partial charge in [0.05, 0.1) is 12.3 Å². The summed E-state index contributed by atoms with van der Waals surface area (Å²) in [5.74, 6) is -8.32. The number of rotatable bonds is 23. The number of nitrogens with one attached hydrogen (secondary N) is 6. The van der Waals surface area contributed by atoms with Crippen molar-refractivity contribution in [3.05, 3.63) is 0 Å². The lowest BCUT2D eigenvalue weighted by molar-refractivity contribution is -0.143. The Hall–Kier alpha value is -4.77. The summed E-state index contributed by atoms with van der Waals surface area (Å²) in [5, 5.41) is 35.1. The zero-order chi connectivity index (χ0) is 42.8. The van der Waals surface area contributed by atoms with Crippen LogP contribution in [0.15, 0.2) is 0 Å². The fourth-order valence-corrected chi connectivity index (χ4v) is 7.56. The highest BCUT2D eigenvalue weighted by Gasteiger charge is 2.38. The minimum Gasteiger partial charge on any atom is -0.481 e. The molecule has 57 heavy (non-hydrogen) atoms. The second-order valence-electron chi connectivity index (χ2n) is 16.4. The summed E-state index contributed by atoms with van der Waals surface area (Å²) in [4.78, 5) is 115. The van der Waals surface area contributed by atoms with E-state index in [9.17, 15) is 53.4 Å². The number of nitrogens with two attached hydrogens (primary N) is 1. The average Bonchev–Trinajstić information content (AvgIpc) is 3.11. The van der Waals surface area contributed by atoms with E-state index in [2.05, 4.69) is 31.9 Å². The third-order valence-corrected chi connectivity index (χ3v) is 10.4. The number of aliphatic carboxylic acids is 2. The molecule has 0 aromatic heterocycles. The van der Waals surface area contributed by atoms with E-state index in [1.54, 1.807) is 0 Å². The first-order valence-corrected chi connectivity index (χ1v) is 20.3. The smallest absolute Gasteiger partial charge is 0.326 e. The third-order valence-electron chi connectivity index (χ3n) is 10.4. The Bertz CT molecular complexity index is 1430. The summed E-state index contributed by atoms with van der Waals surface area (Å²) in [5.41, 5.74) is 5.26. The maximum absolute atomic E-state index is 13.9. The van der Waals surface area contributed by atoms with Gasteiger partial charge in [-0.05, 0) is 56.3 Å². The Labute approximate surface area is 334 Å². The molecule has 0 radical (unpaired) electrons. The molecule has 0 heterocycles. The van der Waals surface area contributed by atoms with Crippen molar-refractivity contribution in [3.63, 3.8) is 0 Å². The van der Waals surface area contributed by atoms with Crippen LogP contribution in [0.2, 0.25) is 0 Å². The molecule has 2 saturated carbocycles. The Balaban J connectivity index is 2.30. The molecule has 0 aromatic carbocycles. The van der Waals surface area contributed by atoms with Crippen LogP contribution in [0.4, 0.5) is 0 Å². The van der Waals surface area contributed by atoms with E-state index in [0.717, 1.165) is 32.1 Å². The second-order valence-corrected chi connectivity index (χ2v) is 16.4. The molecule has 2 aliphatic rings. The molecule has 7 amide bonds. The van der Waals surface area contributed by atoms with Crippen LogP contribution in [0.25, 0.3) is 0 Å². The van der Waals surface area contributed by atoms with Crippen molar-refractivity contribution in [3.8, 4) is 0 Å². The highest BCUT2D eigenvalue weighted by Crippen LogP contribution is 2.28. The van der Waals surface area contributed by atoms with Crippen molar-refractivity contribution in [1.29, 1.82) is 0 Å². The van der Waals surface area contributed by atoms with E-state index >= 15 is 0 Å². The van der Waals surface area contributed by atoms with Gasteiger partial charge in [0.1, 0.15) is 30.2 Å². The topological polar surface area (TPSA) is 292 Å². The summed E-state index contributed by atoms with van der Waals surface area (Å²) in [6.07, 6.45) is 5.96. The summed E-state index contributed by atoms with van der Waals surface area (Å²) in [6, 6.07) is -7.04. The van der Waals surface area contributed by atoms with Gasteiger partial charge in [0.25, 0.3) is 0 Å². The van der Waals surface area contributed by atoms with Crippen LogP contribution in [0.1, 0.15) is 131 Å². The van der Waals surface area contributed by atoms with Crippen LogP contribution in [0, 0.1) is 23.7 Å². The van der Waals surface area contributed by atoms with E-state index in [-0.39, 0.29) is 49.9 Å². The van der Waals surface area contributed by atoms with E-state index < -0.39 is 102 Å². The number of carbonyl (C=O) groups excluding carboxylic acids is 7. The fourth-order valence-electron chi connectivity index (χ4n) is 7.56. The average molecular weight is 808 g/mol. The summed E-state index contributed by atoms with van der Waals surface area (Å²) >= 11 is 0. The van der Waals surface area contributed by atoms with Gasteiger partial charge >= 0.3 is 11.9 Å². The molecule has 18 nitrogen and oxygen atoms in total. The van der Waals surface area contributed by atoms with E-state index in [0.29, 0.717) is 25.7 Å². The maximum Gasteiger partial charge on any atom is 0.326 e. The molecule has 0 aliphatic heterocycles. The molecule has 0 bridgehead atoms. The number of hydrogen-bond donors (Lipinski definition) is 9. The molecule has 0 spiro atoms. The molecule has 7 atom stereocenters. The zero-order valence-corrected chi connectivity index (χ0v) is 34.0. The van der Waals surface area contributed by atoms with E-state index in [1.165, 1.54) is 6.92 Å². The van der Waals surface area contributed by atoms with Crippen LogP contribution >= 0.6 is 0 Å². The van der Waals surface area contributed by atoms with Crippen molar-refractivity contribution < 1.29 is 53.4 Å². The minimum absolute atomic E-state index is 0.00634. The van der Waals surface area contributed by atoms with E-state index in [1.807, 2.05) is 27.7 Å². The molecule has 322 valence electrons. The molecule has 2 rings (SSSR count). The second kappa shape index (κ2) is 24.1. The molecule has 10 N–H and O–H groups in total. The fraction of sp³-hybridized carbons (Fsp3) is 0.769. The van der Waals surface area contributed by atoms with Crippen molar-refractivity contribution in [1.82, 2.24) is 31.9 Å². The van der Waals surface area contributed by atoms with Gasteiger partial charge in [-0.2, -0.15) is 0 Å². The maximum atomic E-state index is 13.9. The van der Waals surface area contributed by atoms with Gasteiger partial charge in [-0.1, -0.05) is 72.6 Å². The number of amides is 7. The molecule has 18 heteroatoms. The van der Waals surface area contributed by atoms with Gasteiger partial charge in [0.15, 0.2) is 0 Å². The first-order chi connectivity index (χ1) is 26.8. The van der Waals surface area contributed by atoms with Gasteiger partial charge in [-0.25, -0.2) is 4.79 Å². The molecular weight excluding hydrogens is 742 g/mol. The summed E-state index contributed by atoms with van der Waals surface area (Å²) in [7, 11) is 0. The predicted molar refractivity (Wildman–Crippen MR) is 208 cm³/mol. The Morgan fingerprint density at radius 2 is 1.14 bits per heavy atom. The normalized spacial score (nSPS) is 19.8. The first-order valence-electron chi connectivity index (χ1n) is 20.3. The van der Waals surface area contributed by atoms with Crippen LogP contribution in [0.3, 0.4) is 0 Å². The Morgan fingerprint density at radius 3 is 1.70 bits per heavy atom. The lowest BCUT2D eigenvalue weighted by Gasteiger charge is -2.34. The molecular formula is C39H65N7O11. The Kier molecular flexibility index (Phi) is 20.5. The lowest BCUT2D eigenvalue weighted by Crippen LogP contribution is -2.60. The van der Waals surface area contributed by atoms with Crippen molar-refractivity contribution in [2.24, 2.45) is 29.4 Å². The van der Waals surface area contributed by atoms with Gasteiger partial charge in [0.2, 0.25) is 41.4 Å². The quantitative estimate of drug-likeness (QED) is 0.0702. The third kappa shape index (κ3) is 17.9. The number of carboxylic acids is 2. The lowest BCUT2D eigenvalue weighted by atomic mass is 9.83. The van der Waals surface area contributed by atoms with Crippen LogP contribution in [0.5, 0.6) is 0 Å². The number of carboxylic acid groups (broad SMARTS) is 2. The van der Waals surface area contributed by atoms with Gasteiger partial charge < -0.3 is 47.8 Å². The van der Waals surface area contributed by atoms with Crippen molar-refractivity contribution in [2.75, 3.05) is 0 Å². The first kappa shape index (κ1) is 48.4. The minimum atomic E-state index is -1.66. The van der Waals surface area contributed by atoms with Crippen LogP contribution < -0.4 is 37.6 Å². The Morgan fingerprint density at radius 1 is 0.614 bits per heavy atom. The molecule has 0 aromatic rings.